The van der Waals surface area contributed by atoms with Crippen LogP contribution in [-0.2, 0) is 11.8 Å². The molecule has 4 aromatic heterocycles. The Kier molecular flexibility index (Phi) is 6.19. The van der Waals surface area contributed by atoms with Gasteiger partial charge in [0.05, 0.1) is 27.6 Å². The maximum atomic E-state index is 12.6. The summed E-state index contributed by atoms with van der Waals surface area (Å²) in [6.45, 7) is 5.84. The van der Waals surface area contributed by atoms with Gasteiger partial charge in [-0.2, -0.15) is 10.4 Å². The van der Waals surface area contributed by atoms with E-state index in [0.717, 1.165) is 42.7 Å². The van der Waals surface area contributed by atoms with Crippen molar-refractivity contribution < 1.29 is 4.79 Å². The number of nitriles is 1. The molecule has 5 rings (SSSR count). The maximum Gasteiger partial charge on any atom is 0.235 e. The lowest BCUT2D eigenvalue weighted by Crippen LogP contribution is -2.14. The van der Waals surface area contributed by atoms with Crippen molar-refractivity contribution in [2.24, 2.45) is 7.05 Å². The molecule has 0 atom stereocenters. The van der Waals surface area contributed by atoms with E-state index in [4.69, 9.17) is 5.10 Å². The highest BCUT2D eigenvalue weighted by Gasteiger charge is 2.20. The van der Waals surface area contributed by atoms with Gasteiger partial charge in [0.15, 0.2) is 11.0 Å². The number of rotatable bonds is 6. The Morgan fingerprint density at radius 1 is 1.17 bits per heavy atom. The van der Waals surface area contributed by atoms with E-state index in [1.807, 2.05) is 67.4 Å². The van der Waals surface area contributed by atoms with Gasteiger partial charge in [0.25, 0.3) is 0 Å². The summed E-state index contributed by atoms with van der Waals surface area (Å²) in [6.07, 6.45) is 0. The van der Waals surface area contributed by atoms with Gasteiger partial charge in [-0.1, -0.05) is 30.0 Å². The molecule has 0 bridgehead atoms. The van der Waals surface area contributed by atoms with Crippen LogP contribution in [0.3, 0.4) is 0 Å². The number of carbonyl (C=O) groups excluding carboxylic acids is 1. The first-order valence-corrected chi connectivity index (χ1v) is 13.4. The third-order valence-electron chi connectivity index (χ3n) is 5.68. The molecule has 4 heterocycles. The summed E-state index contributed by atoms with van der Waals surface area (Å²) in [5.41, 5.74) is 3.40. The largest absolute Gasteiger partial charge is 0.316 e. The quantitative estimate of drug-likeness (QED) is 0.299. The highest BCUT2D eigenvalue weighted by atomic mass is 32.2. The van der Waals surface area contributed by atoms with E-state index < -0.39 is 0 Å². The molecule has 0 aliphatic rings. The number of carbonyl (C=O) groups is 1. The van der Waals surface area contributed by atoms with E-state index in [0.29, 0.717) is 15.7 Å². The zero-order valence-corrected chi connectivity index (χ0v) is 21.9. The van der Waals surface area contributed by atoms with Gasteiger partial charge in [0.2, 0.25) is 5.91 Å². The van der Waals surface area contributed by atoms with Crippen LogP contribution in [-0.4, -0.2) is 36.2 Å². The summed E-state index contributed by atoms with van der Waals surface area (Å²) in [5.74, 6) is 0.726. The minimum absolute atomic E-state index is 0.168. The average Bonchev–Trinajstić information content (AvgIpc) is 3.58. The number of fused-ring (bicyclic) bond motifs is 1. The number of thiophene rings is 2. The van der Waals surface area contributed by atoms with Crippen LogP contribution in [0.4, 0.5) is 5.00 Å². The van der Waals surface area contributed by atoms with E-state index in [1.54, 1.807) is 11.3 Å². The van der Waals surface area contributed by atoms with Crippen LogP contribution in [0.1, 0.15) is 21.7 Å². The molecule has 0 aliphatic carbocycles. The highest BCUT2D eigenvalue weighted by Crippen LogP contribution is 2.36. The lowest BCUT2D eigenvalue weighted by molar-refractivity contribution is -0.113. The van der Waals surface area contributed by atoms with Crippen LogP contribution >= 0.6 is 34.4 Å². The number of hydrogen-bond acceptors (Lipinski definition) is 8. The fraction of sp³-hybridized carbons (Fsp3) is 0.208. The van der Waals surface area contributed by atoms with Gasteiger partial charge in [-0.15, -0.1) is 32.9 Å². The second-order valence-corrected chi connectivity index (χ2v) is 11.2. The molecule has 0 unspecified atom stereocenters. The molecule has 176 valence electrons. The Hall–Kier alpha value is -3.46. The van der Waals surface area contributed by atoms with Crippen molar-refractivity contribution in [2.45, 2.75) is 25.9 Å². The number of benzene rings is 1. The minimum atomic E-state index is -0.183. The van der Waals surface area contributed by atoms with Gasteiger partial charge in [0, 0.05) is 17.3 Å². The molecule has 0 spiro atoms. The van der Waals surface area contributed by atoms with Crippen molar-refractivity contribution in [1.82, 2.24) is 24.5 Å². The Bertz CT molecular complexity index is 1600. The van der Waals surface area contributed by atoms with E-state index in [9.17, 15) is 10.1 Å². The minimum Gasteiger partial charge on any atom is -0.316 e. The van der Waals surface area contributed by atoms with Gasteiger partial charge in [-0.25, -0.2) is 4.68 Å². The van der Waals surface area contributed by atoms with E-state index in [1.165, 1.54) is 23.1 Å². The Morgan fingerprint density at radius 3 is 2.69 bits per heavy atom. The van der Waals surface area contributed by atoms with Crippen molar-refractivity contribution in [3.05, 3.63) is 58.1 Å². The van der Waals surface area contributed by atoms with Crippen molar-refractivity contribution in [1.29, 1.82) is 5.26 Å². The van der Waals surface area contributed by atoms with Gasteiger partial charge in [0.1, 0.15) is 15.9 Å². The predicted molar refractivity (Wildman–Crippen MR) is 142 cm³/mol. The van der Waals surface area contributed by atoms with Crippen molar-refractivity contribution in [2.75, 3.05) is 11.1 Å². The van der Waals surface area contributed by atoms with Crippen LogP contribution in [0.5, 0.6) is 0 Å². The number of nitrogens with zero attached hydrogens (tertiary/aromatic N) is 6. The lowest BCUT2D eigenvalue weighted by atomic mass is 10.2. The third-order valence-corrected chi connectivity index (χ3v) is 8.93. The smallest absolute Gasteiger partial charge is 0.235 e. The summed E-state index contributed by atoms with van der Waals surface area (Å²) >= 11 is 4.35. The Labute approximate surface area is 214 Å². The summed E-state index contributed by atoms with van der Waals surface area (Å²) in [4.78, 5) is 15.6. The molecule has 1 amide bonds. The van der Waals surface area contributed by atoms with E-state index >= 15 is 0 Å². The monoisotopic (exact) mass is 519 g/mol. The maximum absolute atomic E-state index is 12.6. The number of anilines is 1. The number of thioether (sulfide) groups is 1. The molecule has 5 aromatic rings. The zero-order valence-electron chi connectivity index (χ0n) is 19.5. The molecule has 35 heavy (non-hydrogen) atoms. The molecule has 8 nitrogen and oxygen atoms in total. The van der Waals surface area contributed by atoms with Gasteiger partial charge in [-0.3, -0.25) is 4.79 Å². The second-order valence-electron chi connectivity index (χ2n) is 7.96. The van der Waals surface area contributed by atoms with Crippen LogP contribution in [0, 0.1) is 32.1 Å². The number of para-hydroxylation sites is 1. The van der Waals surface area contributed by atoms with E-state index in [2.05, 4.69) is 27.6 Å². The molecule has 0 radical (unpaired) electrons. The fourth-order valence-electron chi connectivity index (χ4n) is 3.70. The van der Waals surface area contributed by atoms with Gasteiger partial charge in [-0.05, 0) is 44.5 Å². The topological polar surface area (TPSA) is 101 Å². The molecule has 0 saturated heterocycles. The lowest BCUT2D eigenvalue weighted by Gasteiger charge is -2.04. The summed E-state index contributed by atoms with van der Waals surface area (Å²) in [7, 11) is 1.90. The van der Waals surface area contributed by atoms with Gasteiger partial charge < -0.3 is 9.88 Å². The SMILES string of the molecule is Cc1sc(NC(=O)CSc2nnc(-c3cc4c(C)nn(-c5ccccc5)c4s3)n2C)c(C#N)c1C. The van der Waals surface area contributed by atoms with Crippen molar-refractivity contribution >= 4 is 55.6 Å². The Balaban J connectivity index is 1.34. The first-order chi connectivity index (χ1) is 16.9. The first-order valence-electron chi connectivity index (χ1n) is 10.7. The van der Waals surface area contributed by atoms with Crippen LogP contribution in [0.2, 0.25) is 0 Å². The summed E-state index contributed by atoms with van der Waals surface area (Å²) in [5, 5.41) is 28.0. The van der Waals surface area contributed by atoms with Gasteiger partial charge >= 0.3 is 0 Å². The number of hydrogen-bond donors (Lipinski definition) is 1. The number of amides is 1. The molecular formula is C24H21N7OS3. The number of aromatic nitrogens is 5. The number of nitrogens with one attached hydrogen (secondary N) is 1. The van der Waals surface area contributed by atoms with Crippen LogP contribution < -0.4 is 5.32 Å². The molecule has 0 fully saturated rings. The average molecular weight is 520 g/mol. The zero-order chi connectivity index (χ0) is 24.7. The van der Waals surface area contributed by atoms with Crippen molar-refractivity contribution in [3.63, 3.8) is 0 Å². The standard InChI is InChI=1S/C24H21N7OS3/c1-13-15(3)34-22(18(13)11-25)26-20(32)12-33-24-28-27-21(30(24)4)19-10-17-14(2)29-31(23(17)35-19)16-8-6-5-7-9-16/h5-10H,12H2,1-4H3,(H,26,32). The normalized spacial score (nSPS) is 11.2. The fourth-order valence-corrected chi connectivity index (χ4v) is 6.64. The van der Waals surface area contributed by atoms with Crippen LogP contribution in [0.25, 0.3) is 26.6 Å². The predicted octanol–water partition coefficient (Wildman–Crippen LogP) is 5.47. The number of aryl methyl sites for hydroxylation is 2. The highest BCUT2D eigenvalue weighted by molar-refractivity contribution is 7.99. The van der Waals surface area contributed by atoms with Crippen LogP contribution in [0.15, 0.2) is 41.6 Å². The molecule has 11 heteroatoms. The first kappa shape index (κ1) is 23.3. The second kappa shape index (κ2) is 9.30. The summed E-state index contributed by atoms with van der Waals surface area (Å²) < 4.78 is 3.86. The van der Waals surface area contributed by atoms with Crippen molar-refractivity contribution in [3.8, 4) is 22.5 Å². The molecular weight excluding hydrogens is 499 g/mol. The third kappa shape index (κ3) is 4.25. The molecule has 1 N–H and O–H groups in total. The summed E-state index contributed by atoms with van der Waals surface area (Å²) in [6, 6.07) is 14.3. The van der Waals surface area contributed by atoms with E-state index in [-0.39, 0.29) is 11.7 Å². The molecule has 0 saturated carbocycles. The Morgan fingerprint density at radius 2 is 1.94 bits per heavy atom. The molecule has 1 aromatic carbocycles. The molecule has 0 aliphatic heterocycles.